The molecular formula is C42H35ClF11N7O5S2. The molecule has 1 amide bonds. The lowest BCUT2D eigenvalue weighted by Gasteiger charge is -2.25. The van der Waals surface area contributed by atoms with Crippen molar-refractivity contribution in [1.82, 2.24) is 29.9 Å². The van der Waals surface area contributed by atoms with Crippen molar-refractivity contribution in [3.8, 4) is 23.0 Å². The van der Waals surface area contributed by atoms with E-state index in [-0.39, 0.29) is 49.6 Å². The molecule has 0 spiro atoms. The highest BCUT2D eigenvalue weighted by Gasteiger charge is 2.68. The molecule has 1 unspecified atom stereocenters. The molecule has 8 rings (SSSR count). The lowest BCUT2D eigenvalue weighted by molar-refractivity contribution is -0.142. The summed E-state index contributed by atoms with van der Waals surface area (Å²) < 4.78 is 213. The van der Waals surface area contributed by atoms with Gasteiger partial charge in [0.05, 0.1) is 33.9 Å². The van der Waals surface area contributed by atoms with Crippen LogP contribution in [0.4, 0.5) is 54.1 Å². The molecule has 3 aromatic heterocycles. The zero-order valence-electron chi connectivity index (χ0n) is 35.6. The predicted molar refractivity (Wildman–Crippen MR) is 224 cm³/mol. The summed E-state index contributed by atoms with van der Waals surface area (Å²) in [5.74, 6) is -5.62. The number of carbonyl (C=O) groups is 1. The average Bonchev–Trinajstić information content (AvgIpc) is 3.43. The van der Waals surface area contributed by atoms with Gasteiger partial charge in [-0.05, 0) is 73.4 Å². The molecule has 0 aliphatic heterocycles. The number of nitrogens with one attached hydrogen (secondary N) is 2. The molecule has 3 heterocycles. The van der Waals surface area contributed by atoms with Gasteiger partial charge in [-0.1, -0.05) is 23.6 Å². The second-order valence-corrected chi connectivity index (χ2v) is 22.2. The summed E-state index contributed by atoms with van der Waals surface area (Å²) in [6.45, 7) is -0.719. The SMILES string of the molecule is CC(C)(C#Cc1nc([C@H](Cc2cc(F)cc(F)c2)NC(=O)Cn2nc(C(F)(F)F)c3c2C(F)(F)C2C[C@H]32)c(-c2ccc(Cl)c3c(NS(C)(=O)=O)nn(CC(F)(F)F)c23)c2c1C[C@H](F)C2)S(C)(=O)=O. The number of benzene rings is 2. The van der Waals surface area contributed by atoms with Crippen LogP contribution in [-0.2, 0) is 69.1 Å². The van der Waals surface area contributed by atoms with E-state index in [2.05, 4.69) is 32.3 Å². The van der Waals surface area contributed by atoms with Crippen molar-refractivity contribution in [2.45, 2.75) is 93.8 Å². The summed E-state index contributed by atoms with van der Waals surface area (Å²) in [6, 6.07) is 2.57. The van der Waals surface area contributed by atoms with E-state index in [0.29, 0.717) is 17.0 Å². The minimum Gasteiger partial charge on any atom is -0.346 e. The Bertz CT molecular complexity index is 3230. The molecule has 0 bridgehead atoms. The maximum Gasteiger partial charge on any atom is 0.435 e. The van der Waals surface area contributed by atoms with Gasteiger partial charge in [-0.2, -0.15) is 45.3 Å². The van der Waals surface area contributed by atoms with Gasteiger partial charge in [0.15, 0.2) is 21.3 Å². The van der Waals surface area contributed by atoms with Crippen LogP contribution in [0.5, 0.6) is 0 Å². The third-order valence-electron chi connectivity index (χ3n) is 11.9. The molecule has 0 radical (unpaired) electrons. The molecule has 364 valence electrons. The van der Waals surface area contributed by atoms with Crippen LogP contribution < -0.4 is 10.0 Å². The van der Waals surface area contributed by atoms with E-state index in [9.17, 15) is 56.8 Å². The number of sulfone groups is 1. The van der Waals surface area contributed by atoms with Crippen molar-refractivity contribution >= 4 is 54.1 Å². The highest BCUT2D eigenvalue weighted by molar-refractivity contribution is 7.92. The average molecular weight is 1030 g/mol. The molecule has 1 saturated carbocycles. The standard InChI is InChI=1S/C42H35ClF11N7O5S2/c1-39(2,67(3,63)64)8-7-28-23-13-21(46)14-24(23)31(22-5-6-27(43)33-35(22)61(17-40(47,48)49)58-38(33)59-68(4,65)66)34(56-28)29(11-18-9-19(44)12-20(45)10-18)55-30(62)16-60-37-32(36(57-60)42(52,53)54)25-15-26(25)41(37,50)51/h5-6,9-10,12,21,25-26,29H,11,13-17H2,1-4H3,(H,55,62)(H,58,59)/t21-,25-,26?,29-/m0/s1. The molecule has 1 fully saturated rings. The van der Waals surface area contributed by atoms with Crippen LogP contribution in [0, 0.1) is 29.4 Å². The number of nitrogens with zero attached hydrogens (tertiary/aromatic N) is 5. The maximum absolute atomic E-state index is 15.9. The summed E-state index contributed by atoms with van der Waals surface area (Å²) in [4.78, 5) is 18.9. The van der Waals surface area contributed by atoms with Gasteiger partial charge in [0.25, 0.3) is 5.92 Å². The molecule has 12 nitrogen and oxygen atoms in total. The molecule has 2 N–H and O–H groups in total. The number of sulfonamides is 1. The molecule has 2 aromatic carbocycles. The van der Waals surface area contributed by atoms with Crippen LogP contribution in [0.15, 0.2) is 30.3 Å². The Hall–Kier alpha value is -5.48. The molecule has 68 heavy (non-hydrogen) atoms. The van der Waals surface area contributed by atoms with Crippen LogP contribution in [0.2, 0.25) is 5.02 Å². The fraction of sp³-hybridized carbons (Fsp3) is 0.429. The smallest absolute Gasteiger partial charge is 0.346 e. The van der Waals surface area contributed by atoms with Crippen LogP contribution in [0.25, 0.3) is 22.0 Å². The molecule has 0 saturated heterocycles. The summed E-state index contributed by atoms with van der Waals surface area (Å²) in [5, 5.41) is 8.96. The topological polar surface area (TPSA) is 158 Å². The van der Waals surface area contributed by atoms with E-state index >= 15 is 13.2 Å². The van der Waals surface area contributed by atoms with Gasteiger partial charge in [0.2, 0.25) is 15.9 Å². The van der Waals surface area contributed by atoms with Gasteiger partial charge >= 0.3 is 12.4 Å². The van der Waals surface area contributed by atoms with Crippen LogP contribution >= 0.6 is 11.6 Å². The summed E-state index contributed by atoms with van der Waals surface area (Å²) in [5.41, 5.74) is -5.76. The van der Waals surface area contributed by atoms with E-state index in [1.807, 2.05) is 4.72 Å². The zero-order chi connectivity index (χ0) is 50.0. The number of aromatic nitrogens is 5. The summed E-state index contributed by atoms with van der Waals surface area (Å²) in [6.07, 6.45) is -12.5. The van der Waals surface area contributed by atoms with Crippen molar-refractivity contribution in [3.63, 3.8) is 0 Å². The predicted octanol–water partition coefficient (Wildman–Crippen LogP) is 8.10. The van der Waals surface area contributed by atoms with Gasteiger partial charge in [-0.3, -0.25) is 18.9 Å². The largest absolute Gasteiger partial charge is 0.435 e. The van der Waals surface area contributed by atoms with Gasteiger partial charge in [0.1, 0.15) is 47.0 Å². The van der Waals surface area contributed by atoms with Gasteiger partial charge in [-0.15, -0.1) is 0 Å². The quantitative estimate of drug-likeness (QED) is 0.0993. The number of fused-ring (bicyclic) bond motifs is 5. The third-order valence-corrected chi connectivity index (χ3v) is 14.8. The van der Waals surface area contributed by atoms with E-state index < -0.39 is 156 Å². The summed E-state index contributed by atoms with van der Waals surface area (Å²) in [7, 11) is -8.22. The maximum atomic E-state index is 15.9. The monoisotopic (exact) mass is 1030 g/mol. The number of halogens is 12. The van der Waals surface area contributed by atoms with E-state index in [1.54, 1.807) is 0 Å². The highest BCUT2D eigenvalue weighted by atomic mass is 35.5. The third kappa shape index (κ3) is 9.22. The Kier molecular flexibility index (Phi) is 11.7. The Balaban J connectivity index is 1.41. The Morgan fingerprint density at radius 1 is 0.971 bits per heavy atom. The molecule has 5 aromatic rings. The second kappa shape index (κ2) is 16.3. The fourth-order valence-corrected chi connectivity index (χ4v) is 9.75. The van der Waals surface area contributed by atoms with Gasteiger partial charge in [0, 0.05) is 47.8 Å². The molecule has 3 aliphatic rings. The lowest BCUT2D eigenvalue weighted by Crippen LogP contribution is -2.35. The van der Waals surface area contributed by atoms with Crippen molar-refractivity contribution < 1.29 is 69.9 Å². The minimum absolute atomic E-state index is 0.00183. The number of pyridine rings is 1. The van der Waals surface area contributed by atoms with E-state index in [4.69, 9.17) is 11.6 Å². The first-order valence-corrected chi connectivity index (χ1v) is 24.4. The van der Waals surface area contributed by atoms with Crippen molar-refractivity contribution in [2.24, 2.45) is 5.92 Å². The number of rotatable bonds is 11. The van der Waals surface area contributed by atoms with Crippen LogP contribution in [-0.4, -0.2) is 76.9 Å². The molecule has 4 atom stereocenters. The lowest BCUT2D eigenvalue weighted by atomic mass is 9.88. The Morgan fingerprint density at radius 3 is 2.22 bits per heavy atom. The second-order valence-electron chi connectivity index (χ2n) is 17.5. The van der Waals surface area contributed by atoms with Crippen molar-refractivity contribution in [2.75, 3.05) is 17.2 Å². The fourth-order valence-electron chi connectivity index (χ4n) is 8.77. The van der Waals surface area contributed by atoms with Crippen molar-refractivity contribution in [1.29, 1.82) is 0 Å². The zero-order valence-corrected chi connectivity index (χ0v) is 38.0. The molecule has 26 heteroatoms. The number of hydrogen-bond donors (Lipinski definition) is 2. The van der Waals surface area contributed by atoms with Crippen LogP contribution in [0.1, 0.15) is 77.3 Å². The number of carbonyl (C=O) groups excluding carboxylic acids is 1. The van der Waals surface area contributed by atoms with Gasteiger partial charge in [-0.25, -0.2) is 35.0 Å². The molecular weight excluding hydrogens is 991 g/mol. The number of alkyl halides is 9. The van der Waals surface area contributed by atoms with Crippen molar-refractivity contribution in [3.05, 3.63) is 92.0 Å². The highest BCUT2D eigenvalue weighted by Crippen LogP contribution is 2.68. The first-order valence-electron chi connectivity index (χ1n) is 20.2. The normalized spacial score (nSPS) is 19.3. The first kappa shape index (κ1) is 49.0. The van der Waals surface area contributed by atoms with Crippen LogP contribution in [0.3, 0.4) is 0 Å². The Labute approximate surface area is 384 Å². The minimum atomic E-state index is -5.22. The number of anilines is 1. The molecule has 3 aliphatic carbocycles. The number of hydrogen-bond acceptors (Lipinski definition) is 8. The Morgan fingerprint density at radius 2 is 1.62 bits per heavy atom. The van der Waals surface area contributed by atoms with E-state index in [1.165, 1.54) is 13.8 Å². The first-order chi connectivity index (χ1) is 31.2. The number of amides is 1. The van der Waals surface area contributed by atoms with Gasteiger partial charge < -0.3 is 5.32 Å². The summed E-state index contributed by atoms with van der Waals surface area (Å²) >= 11 is 6.54. The van der Waals surface area contributed by atoms with E-state index in [0.717, 1.165) is 30.5 Å².